The second-order valence-corrected chi connectivity index (χ2v) is 6.45. The SMILES string of the molecule is O=S(=O)=C1C=CC=CC1NS(=O)(=O)c1ccccc1. The largest absolute Gasteiger partial charge is 0.241 e. The van der Waals surface area contributed by atoms with Crippen molar-refractivity contribution in [3.63, 3.8) is 0 Å². The molecule has 100 valence electrons. The van der Waals surface area contributed by atoms with Gasteiger partial charge in [-0.2, -0.15) is 13.1 Å². The van der Waals surface area contributed by atoms with Crippen molar-refractivity contribution in [2.75, 3.05) is 0 Å². The molecule has 0 aromatic heterocycles. The van der Waals surface area contributed by atoms with Crippen LogP contribution in [0.15, 0.2) is 59.5 Å². The van der Waals surface area contributed by atoms with Crippen molar-refractivity contribution in [3.05, 3.63) is 54.6 Å². The van der Waals surface area contributed by atoms with E-state index in [4.69, 9.17) is 0 Å². The zero-order chi connectivity index (χ0) is 13.9. The molecule has 5 nitrogen and oxygen atoms in total. The van der Waals surface area contributed by atoms with Crippen LogP contribution in [0.25, 0.3) is 0 Å². The molecule has 1 aliphatic carbocycles. The van der Waals surface area contributed by atoms with Crippen LogP contribution in [-0.4, -0.2) is 27.7 Å². The standard InChI is InChI=1S/C12H11NO4S2/c14-18(15)12-9-5-4-8-11(12)13-19(16,17)10-6-2-1-3-7-10/h1-9,11,13H. The van der Waals surface area contributed by atoms with Crippen LogP contribution in [0.4, 0.5) is 0 Å². The molecule has 1 N–H and O–H groups in total. The number of rotatable bonds is 3. The first-order valence-electron chi connectivity index (χ1n) is 5.39. The van der Waals surface area contributed by atoms with Crippen LogP contribution in [0.3, 0.4) is 0 Å². The molecular weight excluding hydrogens is 286 g/mol. The maximum atomic E-state index is 12.1. The van der Waals surface area contributed by atoms with E-state index in [9.17, 15) is 16.8 Å². The fraction of sp³-hybridized carbons (Fsp3) is 0.0833. The molecule has 0 saturated heterocycles. The Morgan fingerprint density at radius 1 is 1.05 bits per heavy atom. The topological polar surface area (TPSA) is 80.3 Å². The molecule has 0 spiro atoms. The molecular formula is C12H11NO4S2. The molecule has 0 heterocycles. The van der Waals surface area contributed by atoms with Gasteiger partial charge in [0, 0.05) is 0 Å². The molecule has 0 saturated carbocycles. The van der Waals surface area contributed by atoms with Gasteiger partial charge >= 0.3 is 0 Å². The van der Waals surface area contributed by atoms with Crippen LogP contribution in [-0.2, 0) is 20.3 Å². The van der Waals surface area contributed by atoms with Crippen molar-refractivity contribution in [1.29, 1.82) is 0 Å². The van der Waals surface area contributed by atoms with E-state index >= 15 is 0 Å². The van der Waals surface area contributed by atoms with Gasteiger partial charge in [0.05, 0.1) is 15.8 Å². The summed E-state index contributed by atoms with van der Waals surface area (Å²) in [4.78, 5) is 0.0796. The van der Waals surface area contributed by atoms with Gasteiger partial charge in [0.2, 0.25) is 20.3 Å². The highest BCUT2D eigenvalue weighted by atomic mass is 32.2. The lowest BCUT2D eigenvalue weighted by Crippen LogP contribution is -2.39. The van der Waals surface area contributed by atoms with E-state index in [0.717, 1.165) is 0 Å². The van der Waals surface area contributed by atoms with Crippen molar-refractivity contribution in [2.45, 2.75) is 10.9 Å². The molecule has 1 aromatic rings. The molecule has 0 radical (unpaired) electrons. The Morgan fingerprint density at radius 3 is 2.37 bits per heavy atom. The van der Waals surface area contributed by atoms with Gasteiger partial charge in [-0.05, 0) is 18.2 Å². The van der Waals surface area contributed by atoms with E-state index in [1.54, 1.807) is 30.4 Å². The van der Waals surface area contributed by atoms with Crippen LogP contribution in [0, 0.1) is 0 Å². The average Bonchev–Trinajstić information content (AvgIpc) is 2.39. The number of allylic oxidation sites excluding steroid dienone is 2. The Kier molecular flexibility index (Phi) is 3.98. The lowest BCUT2D eigenvalue weighted by Gasteiger charge is -2.15. The fourth-order valence-electron chi connectivity index (χ4n) is 1.62. The normalized spacial score (nSPS) is 18.5. The lowest BCUT2D eigenvalue weighted by atomic mass is 10.1. The van der Waals surface area contributed by atoms with Crippen LogP contribution in [0.5, 0.6) is 0 Å². The first-order valence-corrected chi connectivity index (χ1v) is 7.95. The number of hydrogen-bond donors (Lipinski definition) is 1. The lowest BCUT2D eigenvalue weighted by molar-refractivity contribution is 0.582. The van der Waals surface area contributed by atoms with Gasteiger partial charge in [-0.1, -0.05) is 36.4 Å². The Balaban J connectivity index is 2.34. The third-order valence-electron chi connectivity index (χ3n) is 2.51. The first kappa shape index (κ1) is 13.7. The number of sulfonamides is 1. The van der Waals surface area contributed by atoms with Gasteiger partial charge in [-0.25, -0.2) is 8.42 Å². The molecule has 19 heavy (non-hydrogen) atoms. The van der Waals surface area contributed by atoms with E-state index in [1.165, 1.54) is 24.3 Å². The average molecular weight is 297 g/mol. The molecule has 7 heteroatoms. The van der Waals surface area contributed by atoms with Gasteiger partial charge in [0.25, 0.3) is 0 Å². The Bertz CT molecular complexity index is 751. The van der Waals surface area contributed by atoms with E-state index in [2.05, 4.69) is 4.72 Å². The second kappa shape index (κ2) is 5.52. The van der Waals surface area contributed by atoms with Crippen LogP contribution in [0.2, 0.25) is 0 Å². The van der Waals surface area contributed by atoms with E-state index < -0.39 is 26.4 Å². The molecule has 0 bridgehead atoms. The minimum Gasteiger partial charge on any atom is -0.207 e. The van der Waals surface area contributed by atoms with Crippen molar-refractivity contribution in [3.8, 4) is 0 Å². The van der Waals surface area contributed by atoms with Gasteiger partial charge in [0.1, 0.15) is 0 Å². The molecule has 1 atom stereocenters. The number of nitrogens with one attached hydrogen (secondary N) is 1. The summed E-state index contributed by atoms with van der Waals surface area (Å²) in [5.41, 5.74) is 0. The zero-order valence-corrected chi connectivity index (χ0v) is 11.4. The summed E-state index contributed by atoms with van der Waals surface area (Å²) in [7, 11) is -6.23. The van der Waals surface area contributed by atoms with Crippen molar-refractivity contribution in [2.24, 2.45) is 0 Å². The van der Waals surface area contributed by atoms with E-state index in [0.29, 0.717) is 0 Å². The summed E-state index contributed by atoms with van der Waals surface area (Å²) < 4.78 is 48.6. The third kappa shape index (κ3) is 3.19. The van der Waals surface area contributed by atoms with Crippen LogP contribution in [0.1, 0.15) is 0 Å². The van der Waals surface area contributed by atoms with E-state index in [1.807, 2.05) is 0 Å². The minimum absolute atomic E-state index is 0.0120. The molecule has 0 amide bonds. The highest BCUT2D eigenvalue weighted by Gasteiger charge is 2.22. The third-order valence-corrected chi connectivity index (χ3v) is 4.74. The Morgan fingerprint density at radius 2 is 1.74 bits per heavy atom. The quantitative estimate of drug-likeness (QED) is 0.824. The van der Waals surface area contributed by atoms with Crippen molar-refractivity contribution < 1.29 is 16.8 Å². The van der Waals surface area contributed by atoms with Crippen LogP contribution >= 0.6 is 0 Å². The Labute approximate surface area is 112 Å². The smallest absolute Gasteiger partial charge is 0.207 e. The molecule has 0 fully saturated rings. The maximum Gasteiger partial charge on any atom is 0.241 e. The molecule has 1 aliphatic rings. The number of hydrogen-bond acceptors (Lipinski definition) is 4. The summed E-state index contributed by atoms with van der Waals surface area (Å²) in [5.74, 6) is 0. The monoisotopic (exact) mass is 297 g/mol. The molecule has 1 unspecified atom stereocenters. The van der Waals surface area contributed by atoms with Gasteiger partial charge < -0.3 is 0 Å². The van der Waals surface area contributed by atoms with Gasteiger partial charge in [-0.15, -0.1) is 0 Å². The van der Waals surface area contributed by atoms with Crippen molar-refractivity contribution in [1.82, 2.24) is 4.72 Å². The maximum absolute atomic E-state index is 12.1. The second-order valence-electron chi connectivity index (χ2n) is 3.79. The molecule has 2 rings (SSSR count). The summed E-state index contributed by atoms with van der Waals surface area (Å²) in [6.07, 6.45) is 5.97. The van der Waals surface area contributed by atoms with Gasteiger partial charge in [-0.3, -0.25) is 0 Å². The van der Waals surface area contributed by atoms with E-state index in [-0.39, 0.29) is 9.76 Å². The highest BCUT2D eigenvalue weighted by Crippen LogP contribution is 2.10. The molecule has 1 aromatic carbocycles. The van der Waals surface area contributed by atoms with Gasteiger partial charge in [0.15, 0.2) is 0 Å². The summed E-state index contributed by atoms with van der Waals surface area (Å²) in [5, 5.41) is 0. The van der Waals surface area contributed by atoms with Crippen molar-refractivity contribution >= 4 is 25.2 Å². The fourth-order valence-corrected chi connectivity index (χ4v) is 3.42. The minimum atomic E-state index is -3.76. The number of benzene rings is 1. The predicted octanol–water partition coefficient (Wildman–Crippen LogP) is 0.511. The first-order chi connectivity index (χ1) is 9.00. The highest BCUT2D eigenvalue weighted by molar-refractivity contribution is 7.89. The summed E-state index contributed by atoms with van der Waals surface area (Å²) in [6.45, 7) is 0. The summed E-state index contributed by atoms with van der Waals surface area (Å²) in [6, 6.07) is 6.90. The predicted molar refractivity (Wildman–Crippen MR) is 72.8 cm³/mol. The summed E-state index contributed by atoms with van der Waals surface area (Å²) >= 11 is 0. The van der Waals surface area contributed by atoms with Crippen LogP contribution < -0.4 is 4.72 Å². The Hall–Kier alpha value is -1.70. The molecule has 0 aliphatic heterocycles. The zero-order valence-electron chi connectivity index (χ0n) is 9.72.